The standard InChI is InChI=1S/C19H21NO4/c1-13-11-17-18(24-10-9-23-17)12-16(13)19(21)20-8-7-14-3-5-15(22-2)6-4-14/h3-6,11-12H,7-10H2,1-2H3,(H,20,21). The molecule has 1 N–H and O–H groups in total. The fourth-order valence-corrected chi connectivity index (χ4v) is 2.64. The average molecular weight is 327 g/mol. The van der Waals surface area contributed by atoms with Gasteiger partial charge in [0.25, 0.3) is 5.91 Å². The summed E-state index contributed by atoms with van der Waals surface area (Å²) in [5.41, 5.74) is 2.64. The maximum absolute atomic E-state index is 12.4. The molecule has 0 spiro atoms. The van der Waals surface area contributed by atoms with Gasteiger partial charge in [0.2, 0.25) is 0 Å². The van der Waals surface area contributed by atoms with E-state index in [1.807, 2.05) is 37.3 Å². The molecule has 5 heteroatoms. The van der Waals surface area contributed by atoms with Crippen LogP contribution in [-0.4, -0.2) is 32.8 Å². The summed E-state index contributed by atoms with van der Waals surface area (Å²) < 4.78 is 16.2. The smallest absolute Gasteiger partial charge is 0.251 e. The molecule has 1 aliphatic heterocycles. The normalized spacial score (nSPS) is 12.6. The number of methoxy groups -OCH3 is 1. The number of hydrogen-bond donors (Lipinski definition) is 1. The number of nitrogens with one attached hydrogen (secondary N) is 1. The zero-order chi connectivity index (χ0) is 16.9. The van der Waals surface area contributed by atoms with Crippen molar-refractivity contribution in [3.8, 4) is 17.2 Å². The molecule has 1 heterocycles. The van der Waals surface area contributed by atoms with Gasteiger partial charge in [0.15, 0.2) is 11.5 Å². The van der Waals surface area contributed by atoms with Gasteiger partial charge in [0.1, 0.15) is 19.0 Å². The van der Waals surface area contributed by atoms with Crippen LogP contribution in [0.3, 0.4) is 0 Å². The molecule has 0 saturated carbocycles. The summed E-state index contributed by atoms with van der Waals surface area (Å²) in [5, 5.41) is 2.96. The molecule has 126 valence electrons. The first-order valence-electron chi connectivity index (χ1n) is 7.99. The first-order chi connectivity index (χ1) is 11.7. The van der Waals surface area contributed by atoms with Gasteiger partial charge in [-0.1, -0.05) is 12.1 Å². The summed E-state index contributed by atoms with van der Waals surface area (Å²) in [6.45, 7) is 3.52. The molecule has 0 aromatic heterocycles. The molecular formula is C19H21NO4. The zero-order valence-electron chi connectivity index (χ0n) is 13.9. The summed E-state index contributed by atoms with van der Waals surface area (Å²) in [7, 11) is 1.64. The summed E-state index contributed by atoms with van der Waals surface area (Å²) >= 11 is 0. The number of rotatable bonds is 5. The first kappa shape index (κ1) is 16.2. The minimum atomic E-state index is -0.0991. The van der Waals surface area contributed by atoms with Crippen LogP contribution < -0.4 is 19.5 Å². The summed E-state index contributed by atoms with van der Waals surface area (Å²) in [6.07, 6.45) is 0.763. The van der Waals surface area contributed by atoms with E-state index in [9.17, 15) is 4.79 Å². The van der Waals surface area contributed by atoms with E-state index >= 15 is 0 Å². The lowest BCUT2D eigenvalue weighted by Crippen LogP contribution is -2.27. The van der Waals surface area contributed by atoms with Gasteiger partial charge >= 0.3 is 0 Å². The van der Waals surface area contributed by atoms with Crippen LogP contribution >= 0.6 is 0 Å². The van der Waals surface area contributed by atoms with Crippen LogP contribution in [0.5, 0.6) is 17.2 Å². The van der Waals surface area contributed by atoms with Gasteiger partial charge < -0.3 is 19.5 Å². The van der Waals surface area contributed by atoms with Crippen LogP contribution in [0, 0.1) is 6.92 Å². The fraction of sp³-hybridized carbons (Fsp3) is 0.316. The number of carbonyl (C=O) groups is 1. The number of benzene rings is 2. The van der Waals surface area contributed by atoms with E-state index < -0.39 is 0 Å². The van der Waals surface area contributed by atoms with Gasteiger partial charge in [0, 0.05) is 12.1 Å². The lowest BCUT2D eigenvalue weighted by molar-refractivity contribution is 0.0952. The third kappa shape index (κ3) is 3.62. The first-order valence-corrected chi connectivity index (χ1v) is 7.99. The SMILES string of the molecule is COc1ccc(CCNC(=O)c2cc3c(cc2C)OCCO3)cc1. The second-order valence-corrected chi connectivity index (χ2v) is 5.66. The van der Waals surface area contributed by atoms with Gasteiger partial charge in [-0.3, -0.25) is 4.79 Å². The van der Waals surface area contributed by atoms with Gasteiger partial charge in [-0.05, 0) is 48.7 Å². The molecule has 0 atom stereocenters. The van der Waals surface area contributed by atoms with E-state index in [1.165, 1.54) is 0 Å². The molecule has 24 heavy (non-hydrogen) atoms. The molecule has 0 saturated heterocycles. The Hall–Kier alpha value is -2.69. The van der Waals surface area contributed by atoms with Crippen LogP contribution in [0.15, 0.2) is 36.4 Å². The lowest BCUT2D eigenvalue weighted by atomic mass is 10.1. The largest absolute Gasteiger partial charge is 0.497 e. The quantitative estimate of drug-likeness (QED) is 0.917. The average Bonchev–Trinajstić information content (AvgIpc) is 2.61. The highest BCUT2D eigenvalue weighted by molar-refractivity contribution is 5.96. The molecule has 0 unspecified atom stereocenters. The van der Waals surface area contributed by atoms with Crippen molar-refractivity contribution in [1.82, 2.24) is 5.32 Å². The predicted octanol–water partition coefficient (Wildman–Crippen LogP) is 2.75. The lowest BCUT2D eigenvalue weighted by Gasteiger charge is -2.20. The predicted molar refractivity (Wildman–Crippen MR) is 91.2 cm³/mol. The molecule has 3 rings (SSSR count). The van der Waals surface area contributed by atoms with Gasteiger partial charge in [0.05, 0.1) is 7.11 Å². The molecule has 0 radical (unpaired) electrons. The number of ether oxygens (including phenoxy) is 3. The van der Waals surface area contributed by atoms with Crippen LogP contribution in [0.25, 0.3) is 0 Å². The molecule has 1 amide bonds. The highest BCUT2D eigenvalue weighted by Gasteiger charge is 2.17. The van der Waals surface area contributed by atoms with E-state index in [0.29, 0.717) is 36.8 Å². The maximum Gasteiger partial charge on any atom is 0.251 e. The Morgan fingerprint density at radius 2 is 1.79 bits per heavy atom. The second-order valence-electron chi connectivity index (χ2n) is 5.66. The topological polar surface area (TPSA) is 56.8 Å². The highest BCUT2D eigenvalue weighted by atomic mass is 16.6. The van der Waals surface area contributed by atoms with Crippen LogP contribution in [0.4, 0.5) is 0 Å². The van der Waals surface area contributed by atoms with Crippen molar-refractivity contribution in [3.63, 3.8) is 0 Å². The van der Waals surface area contributed by atoms with Crippen LogP contribution in [0.1, 0.15) is 21.5 Å². The number of fused-ring (bicyclic) bond motifs is 1. The molecule has 0 aliphatic carbocycles. The van der Waals surface area contributed by atoms with E-state index in [4.69, 9.17) is 14.2 Å². The van der Waals surface area contributed by atoms with Crippen molar-refractivity contribution in [2.45, 2.75) is 13.3 Å². The van der Waals surface area contributed by atoms with Crippen molar-refractivity contribution in [2.24, 2.45) is 0 Å². The molecule has 0 bridgehead atoms. The van der Waals surface area contributed by atoms with E-state index in [-0.39, 0.29) is 5.91 Å². The Kier molecular flexibility index (Phi) is 4.89. The van der Waals surface area contributed by atoms with E-state index in [1.54, 1.807) is 13.2 Å². The van der Waals surface area contributed by atoms with Crippen molar-refractivity contribution in [3.05, 3.63) is 53.1 Å². The summed E-state index contributed by atoms with van der Waals surface area (Å²) in [5.74, 6) is 2.06. The van der Waals surface area contributed by atoms with Crippen LogP contribution in [-0.2, 0) is 6.42 Å². The third-order valence-corrected chi connectivity index (χ3v) is 3.99. The number of carbonyl (C=O) groups excluding carboxylic acids is 1. The minimum Gasteiger partial charge on any atom is -0.497 e. The Balaban J connectivity index is 1.60. The van der Waals surface area contributed by atoms with Crippen molar-refractivity contribution < 1.29 is 19.0 Å². The summed E-state index contributed by atoms with van der Waals surface area (Å²) in [4.78, 5) is 12.4. The molecular weight excluding hydrogens is 306 g/mol. The molecule has 1 aliphatic rings. The fourth-order valence-electron chi connectivity index (χ4n) is 2.64. The third-order valence-electron chi connectivity index (χ3n) is 3.99. The van der Waals surface area contributed by atoms with Gasteiger partial charge in [-0.15, -0.1) is 0 Å². The van der Waals surface area contributed by atoms with E-state index in [0.717, 1.165) is 23.3 Å². The van der Waals surface area contributed by atoms with E-state index in [2.05, 4.69) is 5.32 Å². The van der Waals surface area contributed by atoms with Crippen molar-refractivity contribution >= 4 is 5.91 Å². The highest BCUT2D eigenvalue weighted by Crippen LogP contribution is 2.32. The second kappa shape index (κ2) is 7.25. The monoisotopic (exact) mass is 327 g/mol. The zero-order valence-corrected chi connectivity index (χ0v) is 13.9. The number of amides is 1. The number of aryl methyl sites for hydroxylation is 1. The van der Waals surface area contributed by atoms with Crippen LogP contribution in [0.2, 0.25) is 0 Å². The van der Waals surface area contributed by atoms with Gasteiger partial charge in [-0.2, -0.15) is 0 Å². The van der Waals surface area contributed by atoms with Crippen molar-refractivity contribution in [1.29, 1.82) is 0 Å². The Morgan fingerprint density at radius 3 is 2.46 bits per heavy atom. The Labute approximate surface area is 141 Å². The molecule has 2 aromatic carbocycles. The molecule has 5 nitrogen and oxygen atoms in total. The number of hydrogen-bond acceptors (Lipinski definition) is 4. The van der Waals surface area contributed by atoms with Gasteiger partial charge in [-0.25, -0.2) is 0 Å². The minimum absolute atomic E-state index is 0.0991. The molecule has 2 aromatic rings. The Morgan fingerprint density at radius 1 is 1.12 bits per heavy atom. The maximum atomic E-state index is 12.4. The molecule has 0 fully saturated rings. The van der Waals surface area contributed by atoms with Crippen molar-refractivity contribution in [2.75, 3.05) is 26.9 Å². The summed E-state index contributed by atoms with van der Waals surface area (Å²) in [6, 6.07) is 11.4. The Bertz CT molecular complexity index is 725.